The Balaban J connectivity index is 2.02. The second-order valence-electron chi connectivity index (χ2n) is 3.62. The van der Waals surface area contributed by atoms with E-state index in [-0.39, 0.29) is 11.9 Å². The number of benzene rings is 1. The molecule has 96 valence electrons. The maximum Gasteiger partial charge on any atom is 0.124 e. The summed E-state index contributed by atoms with van der Waals surface area (Å²) in [5.74, 6) is 6.11. The fourth-order valence-electron chi connectivity index (χ4n) is 1.49. The van der Waals surface area contributed by atoms with Crippen molar-refractivity contribution in [3.63, 3.8) is 0 Å². The van der Waals surface area contributed by atoms with Gasteiger partial charge in [-0.05, 0) is 45.6 Å². The lowest BCUT2D eigenvalue weighted by molar-refractivity contribution is 0.617. The minimum atomic E-state index is -0.213. The number of thioether (sulfide) groups is 1. The minimum Gasteiger partial charge on any atom is -0.271 e. The molecule has 1 heterocycles. The molecule has 2 aromatic rings. The molecule has 0 radical (unpaired) electrons. The molecule has 6 heteroatoms. The van der Waals surface area contributed by atoms with Crippen LogP contribution in [0.25, 0.3) is 0 Å². The van der Waals surface area contributed by atoms with Crippen LogP contribution in [0.15, 0.2) is 45.1 Å². The Morgan fingerprint density at radius 3 is 2.89 bits per heavy atom. The Labute approximate surface area is 122 Å². The quantitative estimate of drug-likeness (QED) is 0.489. The summed E-state index contributed by atoms with van der Waals surface area (Å²) >= 11 is 6.71. The van der Waals surface area contributed by atoms with Gasteiger partial charge in [0, 0.05) is 20.0 Å². The molecule has 0 aliphatic heterocycles. The van der Waals surface area contributed by atoms with Crippen LogP contribution in [0.5, 0.6) is 0 Å². The SMILES string of the molecule is NNC(CSc1cccc(F)c1)c1sccc1Br. The third-order valence-corrected chi connectivity index (χ3v) is 5.45. The van der Waals surface area contributed by atoms with Crippen molar-refractivity contribution in [1.29, 1.82) is 0 Å². The van der Waals surface area contributed by atoms with E-state index in [1.807, 2.05) is 17.5 Å². The summed E-state index contributed by atoms with van der Waals surface area (Å²) in [5.41, 5.74) is 2.80. The number of thiophene rings is 1. The first-order chi connectivity index (χ1) is 8.70. The number of hydrogen-bond donors (Lipinski definition) is 2. The summed E-state index contributed by atoms with van der Waals surface area (Å²) in [7, 11) is 0. The van der Waals surface area contributed by atoms with Gasteiger partial charge in [0.1, 0.15) is 5.82 Å². The van der Waals surface area contributed by atoms with Crippen LogP contribution in [-0.4, -0.2) is 5.75 Å². The molecule has 0 bridgehead atoms. The third-order valence-electron chi connectivity index (χ3n) is 2.38. The molecule has 18 heavy (non-hydrogen) atoms. The number of rotatable bonds is 5. The lowest BCUT2D eigenvalue weighted by atomic mass is 10.3. The highest BCUT2D eigenvalue weighted by molar-refractivity contribution is 9.10. The number of nitrogens with two attached hydrogens (primary N) is 1. The van der Waals surface area contributed by atoms with Gasteiger partial charge in [-0.1, -0.05) is 6.07 Å². The van der Waals surface area contributed by atoms with Gasteiger partial charge >= 0.3 is 0 Å². The van der Waals surface area contributed by atoms with Crippen LogP contribution in [0.2, 0.25) is 0 Å². The van der Waals surface area contributed by atoms with E-state index in [4.69, 9.17) is 5.84 Å². The standard InChI is InChI=1S/C12H12BrFN2S2/c13-10-4-5-17-12(10)11(16-15)7-18-9-3-1-2-8(14)6-9/h1-6,11,16H,7,15H2. The highest BCUT2D eigenvalue weighted by Crippen LogP contribution is 2.32. The van der Waals surface area contributed by atoms with Gasteiger partial charge in [0.05, 0.1) is 6.04 Å². The Morgan fingerprint density at radius 2 is 2.28 bits per heavy atom. The Bertz CT molecular complexity index is 518. The summed E-state index contributed by atoms with van der Waals surface area (Å²) < 4.78 is 14.1. The molecule has 0 saturated carbocycles. The zero-order valence-electron chi connectivity index (χ0n) is 9.40. The van der Waals surface area contributed by atoms with E-state index in [0.717, 1.165) is 20.0 Å². The van der Waals surface area contributed by atoms with Crippen LogP contribution in [0, 0.1) is 5.82 Å². The van der Waals surface area contributed by atoms with E-state index < -0.39 is 0 Å². The lowest BCUT2D eigenvalue weighted by Gasteiger charge is -2.14. The first kappa shape index (κ1) is 14.0. The van der Waals surface area contributed by atoms with Gasteiger partial charge in [-0.25, -0.2) is 4.39 Å². The van der Waals surface area contributed by atoms with Gasteiger partial charge in [0.25, 0.3) is 0 Å². The number of nitrogens with one attached hydrogen (secondary N) is 1. The zero-order valence-corrected chi connectivity index (χ0v) is 12.6. The average molecular weight is 347 g/mol. The van der Waals surface area contributed by atoms with E-state index >= 15 is 0 Å². The second-order valence-corrected chi connectivity index (χ2v) is 6.52. The number of halogens is 2. The molecule has 0 aliphatic carbocycles. The van der Waals surface area contributed by atoms with E-state index in [1.54, 1.807) is 29.2 Å². The largest absolute Gasteiger partial charge is 0.271 e. The van der Waals surface area contributed by atoms with Crippen molar-refractivity contribution < 1.29 is 4.39 Å². The molecule has 2 nitrogen and oxygen atoms in total. The average Bonchev–Trinajstić information content (AvgIpc) is 2.77. The zero-order chi connectivity index (χ0) is 13.0. The van der Waals surface area contributed by atoms with E-state index in [1.165, 1.54) is 12.1 Å². The van der Waals surface area contributed by atoms with Crippen molar-refractivity contribution in [1.82, 2.24) is 5.43 Å². The van der Waals surface area contributed by atoms with E-state index in [9.17, 15) is 4.39 Å². The van der Waals surface area contributed by atoms with Crippen molar-refractivity contribution in [2.24, 2.45) is 5.84 Å². The van der Waals surface area contributed by atoms with Crippen molar-refractivity contribution in [3.8, 4) is 0 Å². The molecule has 1 aromatic carbocycles. The van der Waals surface area contributed by atoms with E-state index in [0.29, 0.717) is 0 Å². The van der Waals surface area contributed by atoms with Crippen LogP contribution < -0.4 is 11.3 Å². The Hall–Kier alpha value is -0.400. The van der Waals surface area contributed by atoms with Gasteiger partial charge in [-0.15, -0.1) is 23.1 Å². The second kappa shape index (κ2) is 6.68. The number of hydrazine groups is 1. The maximum absolute atomic E-state index is 13.1. The monoisotopic (exact) mass is 346 g/mol. The fourth-order valence-corrected chi connectivity index (χ4v) is 4.30. The Morgan fingerprint density at radius 1 is 1.44 bits per heavy atom. The minimum absolute atomic E-state index is 0.0487. The van der Waals surface area contributed by atoms with Crippen LogP contribution in [0.3, 0.4) is 0 Å². The van der Waals surface area contributed by atoms with Crippen molar-refractivity contribution in [3.05, 3.63) is 50.9 Å². The molecule has 0 amide bonds. The first-order valence-electron chi connectivity index (χ1n) is 5.28. The predicted molar refractivity (Wildman–Crippen MR) is 79.2 cm³/mol. The topological polar surface area (TPSA) is 38.0 Å². The van der Waals surface area contributed by atoms with Gasteiger partial charge in [-0.3, -0.25) is 11.3 Å². The molecule has 0 aliphatic rings. The molecule has 1 atom stereocenters. The smallest absolute Gasteiger partial charge is 0.124 e. The first-order valence-corrected chi connectivity index (χ1v) is 7.94. The summed E-state index contributed by atoms with van der Waals surface area (Å²) in [6.45, 7) is 0. The highest BCUT2D eigenvalue weighted by atomic mass is 79.9. The van der Waals surface area contributed by atoms with Gasteiger partial charge in [0.2, 0.25) is 0 Å². The van der Waals surface area contributed by atoms with Gasteiger partial charge in [-0.2, -0.15) is 0 Å². The summed E-state index contributed by atoms with van der Waals surface area (Å²) in [6.07, 6.45) is 0. The summed E-state index contributed by atoms with van der Waals surface area (Å²) in [5, 5.41) is 2.01. The van der Waals surface area contributed by atoms with Crippen LogP contribution in [0.4, 0.5) is 4.39 Å². The molecule has 1 unspecified atom stereocenters. The number of hydrogen-bond acceptors (Lipinski definition) is 4. The van der Waals surface area contributed by atoms with Crippen LogP contribution in [-0.2, 0) is 0 Å². The lowest BCUT2D eigenvalue weighted by Crippen LogP contribution is -2.29. The normalized spacial score (nSPS) is 12.6. The summed E-state index contributed by atoms with van der Waals surface area (Å²) in [4.78, 5) is 2.06. The van der Waals surface area contributed by atoms with Crippen LogP contribution >= 0.6 is 39.0 Å². The molecule has 3 N–H and O–H groups in total. The molecular formula is C12H12BrFN2S2. The van der Waals surface area contributed by atoms with Gasteiger partial charge < -0.3 is 0 Å². The van der Waals surface area contributed by atoms with E-state index in [2.05, 4.69) is 21.4 Å². The van der Waals surface area contributed by atoms with Gasteiger partial charge in [0.15, 0.2) is 0 Å². The maximum atomic E-state index is 13.1. The molecule has 0 spiro atoms. The molecule has 0 saturated heterocycles. The molecular weight excluding hydrogens is 335 g/mol. The molecule has 0 fully saturated rings. The van der Waals surface area contributed by atoms with Crippen molar-refractivity contribution in [2.45, 2.75) is 10.9 Å². The highest BCUT2D eigenvalue weighted by Gasteiger charge is 2.14. The van der Waals surface area contributed by atoms with Crippen LogP contribution in [0.1, 0.15) is 10.9 Å². The summed E-state index contributed by atoms with van der Waals surface area (Å²) in [6, 6.07) is 8.62. The Kier molecular flexibility index (Phi) is 5.20. The molecule has 2 rings (SSSR count). The predicted octanol–water partition coefficient (Wildman–Crippen LogP) is 3.95. The van der Waals surface area contributed by atoms with Crippen molar-refractivity contribution in [2.75, 3.05) is 5.75 Å². The third kappa shape index (κ3) is 3.55. The molecule has 1 aromatic heterocycles. The van der Waals surface area contributed by atoms with Crippen molar-refractivity contribution >= 4 is 39.0 Å². The fraction of sp³-hybridized carbons (Fsp3) is 0.167.